The molecule has 5 rings (SSSR count). The summed E-state index contributed by atoms with van der Waals surface area (Å²) in [7, 11) is 0. The van der Waals surface area contributed by atoms with E-state index in [1.807, 2.05) is 91.0 Å². The monoisotopic (exact) mass is 681 g/mol. The van der Waals surface area contributed by atoms with Crippen LogP contribution in [0, 0.1) is 0 Å². The highest BCUT2D eigenvalue weighted by Gasteiger charge is 2.24. The second kappa shape index (κ2) is 20.3. The third-order valence-electron chi connectivity index (χ3n) is 8.91. The summed E-state index contributed by atoms with van der Waals surface area (Å²) in [5.41, 5.74) is 5.64. The van der Waals surface area contributed by atoms with E-state index in [2.05, 4.69) is 69.5 Å². The molecule has 0 radical (unpaired) electrons. The number of hydrogen-bond acceptors (Lipinski definition) is 6. The van der Waals surface area contributed by atoms with Crippen LogP contribution in [0.2, 0.25) is 0 Å². The van der Waals surface area contributed by atoms with Crippen molar-refractivity contribution in [1.82, 2.24) is 25.8 Å². The number of carbonyl (C=O) groups excluding carboxylic acids is 3. The van der Waals surface area contributed by atoms with E-state index >= 15 is 0 Å². The molecule has 0 fully saturated rings. The molecule has 0 spiro atoms. The van der Waals surface area contributed by atoms with E-state index in [0.29, 0.717) is 26.1 Å². The number of benzene rings is 4. The Hall–Kier alpha value is -5.44. The lowest BCUT2D eigenvalue weighted by atomic mass is 9.88. The number of nitrogens with zero attached hydrogens (tertiary/aromatic N) is 2. The van der Waals surface area contributed by atoms with Crippen LogP contribution in [-0.4, -0.2) is 66.9 Å². The van der Waals surface area contributed by atoms with Gasteiger partial charge in [0.2, 0.25) is 17.7 Å². The van der Waals surface area contributed by atoms with Crippen LogP contribution in [-0.2, 0) is 20.8 Å². The molecular weight excluding hydrogens is 635 g/mol. The normalized spacial score (nSPS) is 11.0. The first-order valence-corrected chi connectivity index (χ1v) is 17.7. The first kappa shape index (κ1) is 36.8. The number of hydrogen-bond donors (Lipinski definition) is 3. The Balaban J connectivity index is 1.17. The molecule has 0 bridgehead atoms. The Morgan fingerprint density at radius 3 is 1.33 bits per heavy atom. The van der Waals surface area contributed by atoms with Gasteiger partial charge in [-0.3, -0.25) is 24.3 Å². The maximum absolute atomic E-state index is 13.5. The van der Waals surface area contributed by atoms with Crippen molar-refractivity contribution in [3.8, 4) is 0 Å². The van der Waals surface area contributed by atoms with Crippen molar-refractivity contribution in [3.63, 3.8) is 0 Å². The van der Waals surface area contributed by atoms with Gasteiger partial charge in [-0.2, -0.15) is 0 Å². The maximum Gasteiger partial charge on any atom is 0.243 e. The zero-order valence-corrected chi connectivity index (χ0v) is 29.0. The minimum atomic E-state index is -0.441. The fourth-order valence-electron chi connectivity index (χ4n) is 6.26. The first-order valence-electron chi connectivity index (χ1n) is 17.7. The SMILES string of the molecule is O=C(CN(C(=O)CNCCC(c1ccccc1)c1ccccc1)C(=O)CNCCC(c1ccccc1)c1ccccc1)NCCc1ccccn1. The zero-order chi connectivity index (χ0) is 35.5. The summed E-state index contributed by atoms with van der Waals surface area (Å²) in [5, 5.41) is 9.33. The van der Waals surface area contributed by atoms with Gasteiger partial charge in [0.05, 0.1) is 13.1 Å². The Bertz CT molecular complexity index is 1570. The molecule has 0 unspecified atom stereocenters. The molecule has 0 aliphatic heterocycles. The summed E-state index contributed by atoms with van der Waals surface area (Å²) in [6.07, 6.45) is 3.77. The molecule has 8 heteroatoms. The highest BCUT2D eigenvalue weighted by Crippen LogP contribution is 2.28. The molecule has 0 atom stereocenters. The van der Waals surface area contributed by atoms with Gasteiger partial charge >= 0.3 is 0 Å². The van der Waals surface area contributed by atoms with Gasteiger partial charge < -0.3 is 16.0 Å². The second-order valence-electron chi connectivity index (χ2n) is 12.5. The molecule has 1 heterocycles. The van der Waals surface area contributed by atoms with Gasteiger partial charge in [0.1, 0.15) is 6.54 Å². The summed E-state index contributed by atoms with van der Waals surface area (Å²) >= 11 is 0. The molecule has 8 nitrogen and oxygen atoms in total. The second-order valence-corrected chi connectivity index (χ2v) is 12.5. The number of aromatic nitrogens is 1. The minimum absolute atomic E-state index is 0.0622. The fraction of sp³-hybridized carbons (Fsp3) is 0.256. The number of nitrogens with one attached hydrogen (secondary N) is 3. The number of amides is 3. The molecule has 0 aliphatic rings. The maximum atomic E-state index is 13.5. The molecule has 0 aliphatic carbocycles. The van der Waals surface area contributed by atoms with Crippen molar-refractivity contribution in [2.75, 3.05) is 39.3 Å². The van der Waals surface area contributed by atoms with Crippen LogP contribution >= 0.6 is 0 Å². The minimum Gasteiger partial charge on any atom is -0.354 e. The lowest BCUT2D eigenvalue weighted by Gasteiger charge is -2.23. The van der Waals surface area contributed by atoms with E-state index < -0.39 is 17.7 Å². The van der Waals surface area contributed by atoms with Crippen LogP contribution in [0.1, 0.15) is 52.6 Å². The van der Waals surface area contributed by atoms with E-state index in [1.54, 1.807) is 6.20 Å². The van der Waals surface area contributed by atoms with Gasteiger partial charge in [-0.25, -0.2) is 0 Å². The Morgan fingerprint density at radius 1 is 0.529 bits per heavy atom. The van der Waals surface area contributed by atoms with Crippen molar-refractivity contribution < 1.29 is 14.4 Å². The smallest absolute Gasteiger partial charge is 0.243 e. The van der Waals surface area contributed by atoms with Crippen LogP contribution in [0.3, 0.4) is 0 Å². The molecule has 1 aromatic heterocycles. The van der Waals surface area contributed by atoms with Crippen LogP contribution in [0.4, 0.5) is 0 Å². The average Bonchev–Trinajstić information content (AvgIpc) is 3.18. The van der Waals surface area contributed by atoms with Crippen molar-refractivity contribution in [3.05, 3.63) is 174 Å². The lowest BCUT2D eigenvalue weighted by molar-refractivity contribution is -0.147. The predicted octanol–water partition coefficient (Wildman–Crippen LogP) is 5.72. The van der Waals surface area contributed by atoms with Gasteiger partial charge in [0.15, 0.2) is 0 Å². The van der Waals surface area contributed by atoms with E-state index in [-0.39, 0.29) is 31.5 Å². The third kappa shape index (κ3) is 11.8. The molecule has 262 valence electrons. The van der Waals surface area contributed by atoms with E-state index in [4.69, 9.17) is 0 Å². The first-order chi connectivity index (χ1) is 25.1. The Kier molecular flexibility index (Phi) is 14.6. The van der Waals surface area contributed by atoms with Crippen LogP contribution in [0.5, 0.6) is 0 Å². The van der Waals surface area contributed by atoms with Crippen molar-refractivity contribution in [2.45, 2.75) is 31.1 Å². The summed E-state index contributed by atoms with van der Waals surface area (Å²) < 4.78 is 0. The summed E-state index contributed by atoms with van der Waals surface area (Å²) in [6.45, 7) is 0.981. The standard InChI is InChI=1S/C43H47N5O3/c49-41(47-30-24-38-23-13-14-27-46-38)33-48(42(50)31-44-28-25-39(34-15-5-1-6-16-34)35-17-7-2-8-18-35)43(51)32-45-29-26-40(36-19-9-3-10-20-36)37-21-11-4-12-22-37/h1-23,27,39-40,44-45H,24-26,28-33H2,(H,47,49). The zero-order valence-electron chi connectivity index (χ0n) is 29.0. The molecule has 3 amide bonds. The van der Waals surface area contributed by atoms with Crippen molar-refractivity contribution >= 4 is 17.7 Å². The van der Waals surface area contributed by atoms with Gasteiger partial charge in [-0.05, 0) is 60.3 Å². The molecule has 51 heavy (non-hydrogen) atoms. The highest BCUT2D eigenvalue weighted by atomic mass is 16.2. The van der Waals surface area contributed by atoms with Crippen LogP contribution in [0.15, 0.2) is 146 Å². The Labute approximate surface area is 301 Å². The molecule has 0 saturated carbocycles. The highest BCUT2D eigenvalue weighted by molar-refractivity contribution is 6.00. The van der Waals surface area contributed by atoms with Crippen LogP contribution in [0.25, 0.3) is 0 Å². The Morgan fingerprint density at radius 2 is 0.941 bits per heavy atom. The summed E-state index contributed by atoms with van der Waals surface area (Å²) in [5.74, 6) is -0.975. The molecule has 0 saturated heterocycles. The molecule has 4 aromatic carbocycles. The van der Waals surface area contributed by atoms with Gasteiger partial charge in [-0.15, -0.1) is 0 Å². The molecule has 5 aromatic rings. The number of imide groups is 1. The van der Waals surface area contributed by atoms with Crippen molar-refractivity contribution in [2.24, 2.45) is 0 Å². The quantitative estimate of drug-likeness (QED) is 0.0965. The van der Waals surface area contributed by atoms with Crippen LogP contribution < -0.4 is 16.0 Å². The topological polar surface area (TPSA) is 103 Å². The fourth-order valence-corrected chi connectivity index (χ4v) is 6.26. The van der Waals surface area contributed by atoms with Gasteiger partial charge in [0, 0.05) is 36.7 Å². The van der Waals surface area contributed by atoms with Crippen molar-refractivity contribution in [1.29, 1.82) is 0 Å². The molecule has 3 N–H and O–H groups in total. The van der Waals surface area contributed by atoms with E-state index in [0.717, 1.165) is 23.4 Å². The van der Waals surface area contributed by atoms with E-state index in [9.17, 15) is 14.4 Å². The largest absolute Gasteiger partial charge is 0.354 e. The number of rotatable bonds is 19. The van der Waals surface area contributed by atoms with Gasteiger partial charge in [-0.1, -0.05) is 127 Å². The van der Waals surface area contributed by atoms with E-state index in [1.165, 1.54) is 22.3 Å². The average molecular weight is 682 g/mol. The summed E-state index contributed by atoms with van der Waals surface area (Å²) in [6, 6.07) is 46.8. The lowest BCUT2D eigenvalue weighted by Crippen LogP contribution is -2.50. The number of pyridine rings is 1. The number of carbonyl (C=O) groups is 3. The predicted molar refractivity (Wildman–Crippen MR) is 202 cm³/mol. The summed E-state index contributed by atoms with van der Waals surface area (Å²) in [4.78, 5) is 45.4. The van der Waals surface area contributed by atoms with Gasteiger partial charge in [0.25, 0.3) is 0 Å². The third-order valence-corrected chi connectivity index (χ3v) is 8.91. The molecular formula is C43H47N5O3.